The second-order valence-corrected chi connectivity index (χ2v) is 6.86. The first kappa shape index (κ1) is 20.5. The number of guanidine groups is 1. The summed E-state index contributed by atoms with van der Waals surface area (Å²) >= 11 is 0. The molecular weight excluding hydrogens is 364 g/mol. The number of rotatable bonds is 8. The van der Waals surface area contributed by atoms with Crippen LogP contribution >= 0.6 is 0 Å². The maximum Gasteiger partial charge on any atom is 0.191 e. The Kier molecular flexibility index (Phi) is 7.28. The Hall–Kier alpha value is -3.28. The standard InChI is InChI=1S/C23H28N4O2/c1-17(18-9-11-21(28-3)12-10-18)13-14-25-23(24-2)26-16-20-15-22(29-27-20)19-7-5-4-6-8-19/h4-12,15,17H,13-14,16H2,1-3H3,(H2,24,25,26). The molecule has 0 bridgehead atoms. The fraction of sp³-hybridized carbons (Fsp3) is 0.304. The van der Waals surface area contributed by atoms with Crippen LogP contribution in [-0.2, 0) is 6.54 Å². The van der Waals surface area contributed by atoms with Gasteiger partial charge in [-0.1, -0.05) is 54.5 Å². The molecule has 0 aliphatic rings. The normalized spacial score (nSPS) is 12.4. The molecule has 0 aliphatic carbocycles. The first-order valence-corrected chi connectivity index (χ1v) is 9.79. The van der Waals surface area contributed by atoms with E-state index >= 15 is 0 Å². The van der Waals surface area contributed by atoms with Gasteiger partial charge in [-0.3, -0.25) is 4.99 Å². The van der Waals surface area contributed by atoms with Gasteiger partial charge in [-0.15, -0.1) is 0 Å². The highest BCUT2D eigenvalue weighted by atomic mass is 16.5. The minimum atomic E-state index is 0.440. The average molecular weight is 393 g/mol. The third-order valence-corrected chi connectivity index (χ3v) is 4.83. The van der Waals surface area contributed by atoms with Gasteiger partial charge in [0.1, 0.15) is 11.4 Å². The third kappa shape index (κ3) is 5.85. The number of nitrogens with one attached hydrogen (secondary N) is 2. The fourth-order valence-corrected chi connectivity index (χ4v) is 3.03. The number of aliphatic imine (C=N–C) groups is 1. The average Bonchev–Trinajstić information content (AvgIpc) is 3.25. The minimum Gasteiger partial charge on any atom is -0.497 e. The van der Waals surface area contributed by atoms with Gasteiger partial charge in [-0.25, -0.2) is 0 Å². The molecule has 6 nitrogen and oxygen atoms in total. The molecule has 6 heteroatoms. The molecule has 0 radical (unpaired) electrons. The van der Waals surface area contributed by atoms with Crippen molar-refractivity contribution in [1.29, 1.82) is 0 Å². The van der Waals surface area contributed by atoms with Gasteiger partial charge in [-0.2, -0.15) is 0 Å². The molecule has 2 aromatic carbocycles. The molecule has 3 aromatic rings. The van der Waals surface area contributed by atoms with Crippen LogP contribution in [0.25, 0.3) is 11.3 Å². The molecule has 2 N–H and O–H groups in total. The summed E-state index contributed by atoms with van der Waals surface area (Å²) in [4.78, 5) is 4.28. The number of methoxy groups -OCH3 is 1. The summed E-state index contributed by atoms with van der Waals surface area (Å²) in [6.45, 7) is 3.59. The second kappa shape index (κ2) is 10.3. The smallest absolute Gasteiger partial charge is 0.191 e. The van der Waals surface area contributed by atoms with Crippen LogP contribution in [-0.4, -0.2) is 31.8 Å². The van der Waals surface area contributed by atoms with Crippen molar-refractivity contribution in [2.45, 2.75) is 25.8 Å². The predicted molar refractivity (Wildman–Crippen MR) is 116 cm³/mol. The van der Waals surface area contributed by atoms with E-state index in [0.717, 1.165) is 41.7 Å². The quantitative estimate of drug-likeness (QED) is 0.444. The summed E-state index contributed by atoms with van der Waals surface area (Å²) in [6.07, 6.45) is 0.995. The molecule has 3 rings (SSSR count). The van der Waals surface area contributed by atoms with E-state index in [1.165, 1.54) is 5.56 Å². The van der Waals surface area contributed by atoms with Crippen molar-refractivity contribution in [3.05, 3.63) is 71.9 Å². The molecule has 0 saturated carbocycles. The highest BCUT2D eigenvalue weighted by Gasteiger charge is 2.09. The van der Waals surface area contributed by atoms with E-state index in [-0.39, 0.29) is 0 Å². The van der Waals surface area contributed by atoms with Gasteiger partial charge in [0, 0.05) is 25.2 Å². The first-order chi connectivity index (χ1) is 14.2. The Morgan fingerprint density at radius 3 is 2.55 bits per heavy atom. The molecule has 0 spiro atoms. The Bertz CT molecular complexity index is 904. The molecule has 1 atom stereocenters. The van der Waals surface area contributed by atoms with Crippen molar-refractivity contribution >= 4 is 5.96 Å². The number of aromatic nitrogens is 1. The van der Waals surface area contributed by atoms with Crippen LogP contribution in [0, 0.1) is 0 Å². The maximum absolute atomic E-state index is 5.44. The molecular formula is C23H28N4O2. The molecule has 1 aromatic heterocycles. The van der Waals surface area contributed by atoms with Crippen molar-refractivity contribution < 1.29 is 9.26 Å². The van der Waals surface area contributed by atoms with E-state index < -0.39 is 0 Å². The number of hydrogen-bond acceptors (Lipinski definition) is 4. The van der Waals surface area contributed by atoms with Gasteiger partial charge < -0.3 is 19.9 Å². The predicted octanol–water partition coefficient (Wildman–Crippen LogP) is 4.21. The Labute approximate surface area is 172 Å². The van der Waals surface area contributed by atoms with Crippen LogP contribution in [0.2, 0.25) is 0 Å². The highest BCUT2D eigenvalue weighted by Crippen LogP contribution is 2.21. The Morgan fingerprint density at radius 1 is 1.10 bits per heavy atom. The lowest BCUT2D eigenvalue weighted by molar-refractivity contribution is 0.414. The van der Waals surface area contributed by atoms with E-state index in [1.807, 2.05) is 48.5 Å². The molecule has 29 heavy (non-hydrogen) atoms. The highest BCUT2D eigenvalue weighted by molar-refractivity contribution is 5.79. The maximum atomic E-state index is 5.44. The van der Waals surface area contributed by atoms with Crippen LogP contribution in [0.4, 0.5) is 0 Å². The van der Waals surface area contributed by atoms with Crippen LogP contribution in [0.15, 0.2) is 70.2 Å². The lowest BCUT2D eigenvalue weighted by atomic mass is 9.98. The van der Waals surface area contributed by atoms with E-state index in [4.69, 9.17) is 9.26 Å². The van der Waals surface area contributed by atoms with E-state index in [2.05, 4.69) is 39.8 Å². The number of hydrogen-bond donors (Lipinski definition) is 2. The first-order valence-electron chi connectivity index (χ1n) is 9.79. The van der Waals surface area contributed by atoms with Crippen molar-refractivity contribution in [3.63, 3.8) is 0 Å². The molecule has 0 amide bonds. The largest absolute Gasteiger partial charge is 0.497 e. The van der Waals surface area contributed by atoms with Gasteiger partial charge in [0.2, 0.25) is 0 Å². The van der Waals surface area contributed by atoms with Gasteiger partial charge in [0.25, 0.3) is 0 Å². The minimum absolute atomic E-state index is 0.440. The molecule has 0 fully saturated rings. The number of ether oxygens (including phenoxy) is 1. The zero-order chi connectivity index (χ0) is 20.5. The fourth-order valence-electron chi connectivity index (χ4n) is 3.03. The summed E-state index contributed by atoms with van der Waals surface area (Å²) in [5, 5.41) is 10.8. The topological polar surface area (TPSA) is 71.7 Å². The van der Waals surface area contributed by atoms with Gasteiger partial charge >= 0.3 is 0 Å². The van der Waals surface area contributed by atoms with E-state index in [0.29, 0.717) is 12.5 Å². The SMILES string of the molecule is CN=C(NCCC(C)c1ccc(OC)cc1)NCc1cc(-c2ccccc2)on1. The van der Waals surface area contributed by atoms with Crippen LogP contribution < -0.4 is 15.4 Å². The molecule has 0 aliphatic heterocycles. The van der Waals surface area contributed by atoms with Crippen molar-refractivity contribution in [2.24, 2.45) is 4.99 Å². The van der Waals surface area contributed by atoms with Gasteiger partial charge in [0.05, 0.1) is 13.7 Å². The van der Waals surface area contributed by atoms with E-state index in [1.54, 1.807) is 14.2 Å². The second-order valence-electron chi connectivity index (χ2n) is 6.86. The monoisotopic (exact) mass is 392 g/mol. The summed E-state index contributed by atoms with van der Waals surface area (Å²) in [5.41, 5.74) is 3.14. The van der Waals surface area contributed by atoms with Crippen LogP contribution in [0.3, 0.4) is 0 Å². The van der Waals surface area contributed by atoms with Crippen molar-refractivity contribution in [2.75, 3.05) is 20.7 Å². The molecule has 152 valence electrons. The van der Waals surface area contributed by atoms with Crippen LogP contribution in [0.1, 0.15) is 30.5 Å². The number of nitrogens with zero attached hydrogens (tertiary/aromatic N) is 2. The summed E-state index contributed by atoms with van der Waals surface area (Å²) in [7, 11) is 3.45. The lowest BCUT2D eigenvalue weighted by Gasteiger charge is -2.15. The summed E-state index contributed by atoms with van der Waals surface area (Å²) < 4.78 is 10.7. The molecule has 0 saturated heterocycles. The Balaban J connectivity index is 1.44. The van der Waals surface area contributed by atoms with Crippen molar-refractivity contribution in [3.8, 4) is 17.1 Å². The molecule has 1 heterocycles. The van der Waals surface area contributed by atoms with Crippen molar-refractivity contribution in [1.82, 2.24) is 15.8 Å². The third-order valence-electron chi connectivity index (χ3n) is 4.83. The van der Waals surface area contributed by atoms with Gasteiger partial charge in [0.15, 0.2) is 11.7 Å². The zero-order valence-corrected chi connectivity index (χ0v) is 17.2. The summed E-state index contributed by atoms with van der Waals surface area (Å²) in [5.74, 6) is 2.83. The van der Waals surface area contributed by atoms with E-state index in [9.17, 15) is 0 Å². The zero-order valence-electron chi connectivity index (χ0n) is 17.2. The molecule has 1 unspecified atom stereocenters. The summed E-state index contributed by atoms with van der Waals surface area (Å²) in [6, 6.07) is 20.1. The van der Waals surface area contributed by atoms with Gasteiger partial charge in [-0.05, 0) is 30.0 Å². The Morgan fingerprint density at radius 2 is 1.86 bits per heavy atom. The lowest BCUT2D eigenvalue weighted by Crippen LogP contribution is -2.37. The number of benzene rings is 2. The van der Waals surface area contributed by atoms with Crippen LogP contribution in [0.5, 0.6) is 5.75 Å².